The molecule has 6 nitrogen and oxygen atoms in total. The third kappa shape index (κ3) is 47.9. The zero-order valence-corrected chi connectivity index (χ0v) is 42.7. The van der Waals surface area contributed by atoms with E-state index in [0.29, 0.717) is 19.3 Å². The van der Waals surface area contributed by atoms with Crippen LogP contribution in [0.5, 0.6) is 0 Å². The van der Waals surface area contributed by atoms with Gasteiger partial charge in [0.1, 0.15) is 13.2 Å². The quantitative estimate of drug-likeness (QED) is 0.0344. The summed E-state index contributed by atoms with van der Waals surface area (Å²) in [5.41, 5.74) is 0. The first-order valence-electron chi connectivity index (χ1n) is 27.6. The third-order valence-electron chi connectivity index (χ3n) is 13.0. The Morgan fingerprint density at radius 1 is 0.323 bits per heavy atom. The molecule has 0 amide bonds. The van der Waals surface area contributed by atoms with E-state index in [0.717, 1.165) is 75.5 Å². The van der Waals surface area contributed by atoms with E-state index >= 15 is 0 Å². The van der Waals surface area contributed by atoms with Crippen LogP contribution in [0.15, 0.2) is 0 Å². The van der Waals surface area contributed by atoms with Gasteiger partial charge in [-0.1, -0.05) is 266 Å². The minimum absolute atomic E-state index is 0.0645. The van der Waals surface area contributed by atoms with Crippen LogP contribution in [0.4, 0.5) is 0 Å². The molecule has 2 atom stereocenters. The molecule has 0 aliphatic rings. The molecular formula is C56H108O6. The summed E-state index contributed by atoms with van der Waals surface area (Å²) in [6.45, 7) is 13.7. The van der Waals surface area contributed by atoms with Gasteiger partial charge in [0.15, 0.2) is 6.10 Å². The average Bonchev–Trinajstić information content (AvgIpc) is 3.24. The van der Waals surface area contributed by atoms with Gasteiger partial charge < -0.3 is 14.2 Å². The Morgan fingerprint density at radius 3 is 0.839 bits per heavy atom. The normalized spacial score (nSPS) is 12.6. The molecule has 1 unspecified atom stereocenters. The first-order chi connectivity index (χ1) is 30.1. The van der Waals surface area contributed by atoms with Gasteiger partial charge >= 0.3 is 17.9 Å². The van der Waals surface area contributed by atoms with Crippen molar-refractivity contribution >= 4 is 17.9 Å². The number of carbonyl (C=O) groups excluding carboxylic acids is 3. The van der Waals surface area contributed by atoms with Crippen LogP contribution >= 0.6 is 0 Å². The molecule has 0 fully saturated rings. The molecule has 368 valence electrons. The molecule has 62 heavy (non-hydrogen) atoms. The highest BCUT2D eigenvalue weighted by molar-refractivity contribution is 5.71. The smallest absolute Gasteiger partial charge is 0.306 e. The molecule has 0 heterocycles. The van der Waals surface area contributed by atoms with Crippen LogP contribution < -0.4 is 0 Å². The van der Waals surface area contributed by atoms with Crippen molar-refractivity contribution in [2.45, 2.75) is 311 Å². The van der Waals surface area contributed by atoms with E-state index < -0.39 is 6.10 Å². The number of ether oxygens (including phenoxy) is 3. The second-order valence-electron chi connectivity index (χ2n) is 20.4. The van der Waals surface area contributed by atoms with Crippen LogP contribution in [0, 0.1) is 17.8 Å². The molecule has 0 aliphatic carbocycles. The van der Waals surface area contributed by atoms with E-state index in [1.807, 2.05) is 0 Å². The molecule has 0 saturated carbocycles. The summed E-state index contributed by atoms with van der Waals surface area (Å²) in [6, 6.07) is 0. The first-order valence-corrected chi connectivity index (χ1v) is 27.6. The second-order valence-corrected chi connectivity index (χ2v) is 20.4. The molecule has 0 saturated heterocycles. The monoisotopic (exact) mass is 877 g/mol. The van der Waals surface area contributed by atoms with Gasteiger partial charge in [0, 0.05) is 19.3 Å². The van der Waals surface area contributed by atoms with E-state index in [2.05, 4.69) is 41.5 Å². The van der Waals surface area contributed by atoms with Crippen LogP contribution in [0.25, 0.3) is 0 Å². The van der Waals surface area contributed by atoms with Crippen LogP contribution in [0.3, 0.4) is 0 Å². The van der Waals surface area contributed by atoms with E-state index in [4.69, 9.17) is 14.2 Å². The lowest BCUT2D eigenvalue weighted by atomic mass is 9.99. The van der Waals surface area contributed by atoms with Crippen LogP contribution in [-0.4, -0.2) is 37.2 Å². The molecule has 0 aromatic carbocycles. The van der Waals surface area contributed by atoms with Crippen molar-refractivity contribution in [1.82, 2.24) is 0 Å². The van der Waals surface area contributed by atoms with Crippen molar-refractivity contribution in [3.63, 3.8) is 0 Å². The SMILES string of the molecule is CCC(C)CCCCCCCCCCCCC(=O)OC[C@H](COC(=O)CCCCCCCCCCCCCCCCCCC(C)C)OC(=O)CCCCCCCCCCC(C)C. The molecule has 0 aromatic rings. The van der Waals surface area contributed by atoms with Crippen molar-refractivity contribution in [2.24, 2.45) is 17.8 Å². The van der Waals surface area contributed by atoms with E-state index in [1.165, 1.54) is 186 Å². The van der Waals surface area contributed by atoms with Crippen molar-refractivity contribution < 1.29 is 28.6 Å². The zero-order chi connectivity index (χ0) is 45.6. The summed E-state index contributed by atoms with van der Waals surface area (Å²) in [5, 5.41) is 0. The number of rotatable bonds is 49. The third-order valence-corrected chi connectivity index (χ3v) is 13.0. The molecule has 0 rings (SSSR count). The highest BCUT2D eigenvalue weighted by Crippen LogP contribution is 2.18. The molecule has 6 heteroatoms. The summed E-state index contributed by atoms with van der Waals surface area (Å²) >= 11 is 0. The molecule has 0 bridgehead atoms. The Hall–Kier alpha value is -1.59. The molecule has 0 spiro atoms. The fraction of sp³-hybridized carbons (Fsp3) is 0.946. The fourth-order valence-electron chi connectivity index (χ4n) is 8.44. The van der Waals surface area contributed by atoms with Crippen molar-refractivity contribution in [1.29, 1.82) is 0 Å². The van der Waals surface area contributed by atoms with Gasteiger partial charge in [0.05, 0.1) is 0 Å². The molecule has 0 radical (unpaired) electrons. The Morgan fingerprint density at radius 2 is 0.565 bits per heavy atom. The standard InChI is InChI=1S/C56H108O6/c1-7-52(6)44-38-32-26-19-16-17-21-28-34-40-46-55(58)61-49-53(62-56(59)47-41-35-29-23-22-25-31-37-43-51(4)5)48-60-54(57)45-39-33-27-20-15-13-11-9-8-10-12-14-18-24-30-36-42-50(2)3/h50-53H,7-49H2,1-6H3/t52?,53-/m0/s1. The van der Waals surface area contributed by atoms with Gasteiger partial charge in [-0.3, -0.25) is 14.4 Å². The van der Waals surface area contributed by atoms with Gasteiger partial charge in [0.2, 0.25) is 0 Å². The predicted molar refractivity (Wildman–Crippen MR) is 266 cm³/mol. The second kappa shape index (κ2) is 47.4. The minimum atomic E-state index is -0.763. The maximum Gasteiger partial charge on any atom is 0.306 e. The number of esters is 3. The van der Waals surface area contributed by atoms with Gasteiger partial charge in [0.25, 0.3) is 0 Å². The van der Waals surface area contributed by atoms with Crippen molar-refractivity contribution in [3.05, 3.63) is 0 Å². The average molecular weight is 877 g/mol. The summed E-state index contributed by atoms with van der Waals surface area (Å²) in [4.78, 5) is 38.0. The lowest BCUT2D eigenvalue weighted by Gasteiger charge is -2.18. The summed E-state index contributed by atoms with van der Waals surface area (Å²) in [6.07, 6.45) is 48.1. The van der Waals surface area contributed by atoms with Gasteiger partial charge in [-0.2, -0.15) is 0 Å². The Balaban J connectivity index is 4.25. The van der Waals surface area contributed by atoms with Gasteiger partial charge in [-0.15, -0.1) is 0 Å². The largest absolute Gasteiger partial charge is 0.462 e. The highest BCUT2D eigenvalue weighted by atomic mass is 16.6. The van der Waals surface area contributed by atoms with E-state index in [9.17, 15) is 14.4 Å². The number of hydrogen-bond acceptors (Lipinski definition) is 6. The van der Waals surface area contributed by atoms with Crippen LogP contribution in [0.2, 0.25) is 0 Å². The topological polar surface area (TPSA) is 78.9 Å². The zero-order valence-electron chi connectivity index (χ0n) is 42.7. The Bertz CT molecular complexity index is 962. The lowest BCUT2D eigenvalue weighted by molar-refractivity contribution is -0.167. The lowest BCUT2D eigenvalue weighted by Crippen LogP contribution is -2.30. The number of carbonyl (C=O) groups is 3. The maximum absolute atomic E-state index is 12.8. The molecule has 0 aromatic heterocycles. The van der Waals surface area contributed by atoms with Gasteiger partial charge in [-0.05, 0) is 37.0 Å². The molecule has 0 aliphatic heterocycles. The Labute approximate surface area is 387 Å². The number of unbranched alkanes of at least 4 members (excludes halogenated alkanes) is 31. The fourth-order valence-corrected chi connectivity index (χ4v) is 8.44. The van der Waals surface area contributed by atoms with E-state index in [-0.39, 0.29) is 31.1 Å². The minimum Gasteiger partial charge on any atom is -0.462 e. The van der Waals surface area contributed by atoms with Crippen LogP contribution in [0.1, 0.15) is 305 Å². The van der Waals surface area contributed by atoms with E-state index in [1.54, 1.807) is 0 Å². The summed E-state index contributed by atoms with van der Waals surface area (Å²) in [7, 11) is 0. The molecular weight excluding hydrogens is 769 g/mol. The van der Waals surface area contributed by atoms with Crippen molar-refractivity contribution in [2.75, 3.05) is 13.2 Å². The molecule has 0 N–H and O–H groups in total. The maximum atomic E-state index is 12.8. The van der Waals surface area contributed by atoms with Gasteiger partial charge in [-0.25, -0.2) is 0 Å². The summed E-state index contributed by atoms with van der Waals surface area (Å²) < 4.78 is 16.8. The summed E-state index contributed by atoms with van der Waals surface area (Å²) in [5.74, 6) is 1.67. The van der Waals surface area contributed by atoms with Crippen LogP contribution in [-0.2, 0) is 28.6 Å². The first kappa shape index (κ1) is 60.4. The predicted octanol–water partition coefficient (Wildman–Crippen LogP) is 17.9. The number of hydrogen-bond donors (Lipinski definition) is 0. The Kier molecular flexibility index (Phi) is 46.2. The van der Waals surface area contributed by atoms with Crippen molar-refractivity contribution in [3.8, 4) is 0 Å². The highest BCUT2D eigenvalue weighted by Gasteiger charge is 2.19.